The van der Waals surface area contributed by atoms with Crippen molar-refractivity contribution in [2.75, 3.05) is 18.5 Å². The first-order valence-corrected chi connectivity index (χ1v) is 6.43. The van der Waals surface area contributed by atoms with Crippen LogP contribution in [-0.2, 0) is 0 Å². The zero-order chi connectivity index (χ0) is 13.9. The Morgan fingerprint density at radius 3 is 2.65 bits per heavy atom. The molecule has 0 radical (unpaired) electrons. The van der Waals surface area contributed by atoms with E-state index in [0.29, 0.717) is 41.1 Å². The predicted molar refractivity (Wildman–Crippen MR) is 74.6 cm³/mol. The SMILES string of the molecule is O=C(Nc1cc2c(cc1Cl)OCCO2)c1ccccn1. The number of halogens is 1. The number of amides is 1. The highest BCUT2D eigenvalue weighted by molar-refractivity contribution is 6.34. The van der Waals surface area contributed by atoms with Crippen LogP contribution in [0.25, 0.3) is 0 Å². The topological polar surface area (TPSA) is 60.5 Å². The Bertz CT molecular complexity index is 646. The van der Waals surface area contributed by atoms with Crippen molar-refractivity contribution in [1.29, 1.82) is 0 Å². The third-order valence-corrected chi connectivity index (χ3v) is 3.09. The molecular formula is C14H11ClN2O3. The van der Waals surface area contributed by atoms with Gasteiger partial charge < -0.3 is 14.8 Å². The van der Waals surface area contributed by atoms with E-state index in [1.165, 1.54) is 0 Å². The fourth-order valence-electron chi connectivity index (χ4n) is 1.84. The predicted octanol–water partition coefficient (Wildman–Crippen LogP) is 2.76. The van der Waals surface area contributed by atoms with Gasteiger partial charge in [-0.1, -0.05) is 17.7 Å². The van der Waals surface area contributed by atoms with Crippen LogP contribution in [0.1, 0.15) is 10.5 Å². The molecule has 2 aromatic rings. The standard InChI is InChI=1S/C14H11ClN2O3/c15-9-7-12-13(20-6-5-19-12)8-11(9)17-14(18)10-3-1-2-4-16-10/h1-4,7-8H,5-6H2,(H,17,18). The third kappa shape index (κ3) is 2.53. The van der Waals surface area contributed by atoms with Crippen molar-refractivity contribution in [3.05, 3.63) is 47.2 Å². The summed E-state index contributed by atoms with van der Waals surface area (Å²) in [5, 5.41) is 3.10. The number of ether oxygens (including phenoxy) is 2. The molecule has 0 saturated heterocycles. The molecule has 0 aliphatic carbocycles. The summed E-state index contributed by atoms with van der Waals surface area (Å²) in [4.78, 5) is 16.0. The van der Waals surface area contributed by atoms with Gasteiger partial charge in [0.05, 0.1) is 10.7 Å². The van der Waals surface area contributed by atoms with Crippen LogP contribution in [0.15, 0.2) is 36.5 Å². The van der Waals surface area contributed by atoms with Gasteiger partial charge in [0.15, 0.2) is 11.5 Å². The number of carbonyl (C=O) groups excluding carboxylic acids is 1. The molecule has 1 aromatic carbocycles. The first kappa shape index (κ1) is 12.7. The smallest absolute Gasteiger partial charge is 0.274 e. The van der Waals surface area contributed by atoms with Gasteiger partial charge in [-0.15, -0.1) is 0 Å². The van der Waals surface area contributed by atoms with Gasteiger partial charge in [0.1, 0.15) is 18.9 Å². The highest BCUT2D eigenvalue weighted by atomic mass is 35.5. The second-order valence-corrected chi connectivity index (χ2v) is 4.55. The molecule has 0 atom stereocenters. The van der Waals surface area contributed by atoms with Gasteiger partial charge in [0, 0.05) is 18.3 Å². The highest BCUT2D eigenvalue weighted by Crippen LogP contribution is 2.38. The molecule has 1 aromatic heterocycles. The van der Waals surface area contributed by atoms with Crippen LogP contribution in [0.5, 0.6) is 11.5 Å². The molecule has 0 unspecified atom stereocenters. The minimum Gasteiger partial charge on any atom is -0.486 e. The molecule has 1 aliphatic heterocycles. The molecular weight excluding hydrogens is 280 g/mol. The zero-order valence-electron chi connectivity index (χ0n) is 10.4. The van der Waals surface area contributed by atoms with E-state index in [-0.39, 0.29) is 5.91 Å². The summed E-state index contributed by atoms with van der Waals surface area (Å²) in [6, 6.07) is 8.39. The molecule has 1 amide bonds. The minimum absolute atomic E-state index is 0.318. The Labute approximate surface area is 120 Å². The van der Waals surface area contributed by atoms with Crippen LogP contribution < -0.4 is 14.8 Å². The molecule has 3 rings (SSSR count). The van der Waals surface area contributed by atoms with Gasteiger partial charge in [-0.05, 0) is 12.1 Å². The van der Waals surface area contributed by atoms with Crippen LogP contribution in [0.3, 0.4) is 0 Å². The van der Waals surface area contributed by atoms with Gasteiger partial charge >= 0.3 is 0 Å². The fraction of sp³-hybridized carbons (Fsp3) is 0.143. The van der Waals surface area contributed by atoms with Crippen molar-refractivity contribution in [3.8, 4) is 11.5 Å². The lowest BCUT2D eigenvalue weighted by Gasteiger charge is -2.19. The maximum absolute atomic E-state index is 12.0. The van der Waals surface area contributed by atoms with E-state index in [1.54, 1.807) is 36.5 Å². The van der Waals surface area contributed by atoms with Crippen LogP contribution in [-0.4, -0.2) is 24.1 Å². The van der Waals surface area contributed by atoms with Crippen molar-refractivity contribution >= 4 is 23.2 Å². The molecule has 0 spiro atoms. The Kier molecular flexibility index (Phi) is 3.43. The van der Waals surface area contributed by atoms with Gasteiger partial charge in [-0.25, -0.2) is 0 Å². The van der Waals surface area contributed by atoms with Crippen molar-refractivity contribution in [2.45, 2.75) is 0 Å². The van der Waals surface area contributed by atoms with Gasteiger partial charge in [-0.3, -0.25) is 9.78 Å². The minimum atomic E-state index is -0.329. The Morgan fingerprint density at radius 1 is 1.20 bits per heavy atom. The summed E-state index contributed by atoms with van der Waals surface area (Å²) in [7, 11) is 0. The molecule has 1 N–H and O–H groups in total. The van der Waals surface area contributed by atoms with Gasteiger partial charge in [0.2, 0.25) is 0 Å². The number of hydrogen-bond acceptors (Lipinski definition) is 4. The number of fused-ring (bicyclic) bond motifs is 1. The number of rotatable bonds is 2. The second-order valence-electron chi connectivity index (χ2n) is 4.14. The zero-order valence-corrected chi connectivity index (χ0v) is 11.2. The molecule has 6 heteroatoms. The average molecular weight is 291 g/mol. The summed E-state index contributed by atoms with van der Waals surface area (Å²) in [6.45, 7) is 0.964. The van der Waals surface area contributed by atoms with E-state index >= 15 is 0 Å². The quantitative estimate of drug-likeness (QED) is 0.924. The van der Waals surface area contributed by atoms with E-state index in [9.17, 15) is 4.79 Å². The van der Waals surface area contributed by atoms with E-state index in [1.807, 2.05) is 0 Å². The van der Waals surface area contributed by atoms with Crippen LogP contribution >= 0.6 is 11.6 Å². The summed E-state index contributed by atoms with van der Waals surface area (Å²) in [5.74, 6) is 0.818. The van der Waals surface area contributed by atoms with E-state index in [0.717, 1.165) is 0 Å². The number of pyridine rings is 1. The van der Waals surface area contributed by atoms with Crippen molar-refractivity contribution < 1.29 is 14.3 Å². The third-order valence-electron chi connectivity index (χ3n) is 2.78. The lowest BCUT2D eigenvalue weighted by Crippen LogP contribution is -2.17. The van der Waals surface area contributed by atoms with Crippen LogP contribution in [0.4, 0.5) is 5.69 Å². The molecule has 0 bridgehead atoms. The molecule has 1 aliphatic rings. The van der Waals surface area contributed by atoms with Crippen molar-refractivity contribution in [1.82, 2.24) is 4.98 Å². The summed E-state index contributed by atoms with van der Waals surface area (Å²) >= 11 is 6.12. The Balaban J connectivity index is 1.86. The molecule has 0 saturated carbocycles. The molecule has 5 nitrogen and oxygen atoms in total. The lowest BCUT2D eigenvalue weighted by molar-refractivity contribution is 0.102. The Morgan fingerprint density at radius 2 is 1.95 bits per heavy atom. The number of anilines is 1. The number of nitrogens with zero attached hydrogens (tertiary/aromatic N) is 1. The van der Waals surface area contributed by atoms with Crippen LogP contribution in [0.2, 0.25) is 5.02 Å². The summed E-state index contributed by atoms with van der Waals surface area (Å²) in [6.07, 6.45) is 1.56. The number of hydrogen-bond donors (Lipinski definition) is 1. The van der Waals surface area contributed by atoms with Crippen molar-refractivity contribution in [2.24, 2.45) is 0 Å². The second kappa shape index (κ2) is 5.38. The number of carbonyl (C=O) groups is 1. The van der Waals surface area contributed by atoms with E-state index in [4.69, 9.17) is 21.1 Å². The Hall–Kier alpha value is -2.27. The lowest BCUT2D eigenvalue weighted by atomic mass is 10.2. The summed E-state index contributed by atoms with van der Waals surface area (Å²) in [5.41, 5.74) is 0.782. The first-order valence-electron chi connectivity index (χ1n) is 6.05. The van der Waals surface area contributed by atoms with E-state index < -0.39 is 0 Å². The molecule has 20 heavy (non-hydrogen) atoms. The normalized spacial score (nSPS) is 12.8. The van der Waals surface area contributed by atoms with Gasteiger partial charge in [-0.2, -0.15) is 0 Å². The maximum Gasteiger partial charge on any atom is 0.274 e. The van der Waals surface area contributed by atoms with E-state index in [2.05, 4.69) is 10.3 Å². The first-order chi connectivity index (χ1) is 9.74. The fourth-order valence-corrected chi connectivity index (χ4v) is 2.04. The largest absolute Gasteiger partial charge is 0.486 e. The highest BCUT2D eigenvalue weighted by Gasteiger charge is 2.17. The molecule has 102 valence electrons. The van der Waals surface area contributed by atoms with Crippen molar-refractivity contribution in [3.63, 3.8) is 0 Å². The maximum atomic E-state index is 12.0. The summed E-state index contributed by atoms with van der Waals surface area (Å²) < 4.78 is 10.9. The number of aromatic nitrogens is 1. The molecule has 2 heterocycles. The average Bonchev–Trinajstić information content (AvgIpc) is 2.49. The number of benzene rings is 1. The molecule has 0 fully saturated rings. The van der Waals surface area contributed by atoms with Gasteiger partial charge in [0.25, 0.3) is 5.91 Å². The number of nitrogens with one attached hydrogen (secondary N) is 1. The van der Waals surface area contributed by atoms with Crippen LogP contribution in [0, 0.1) is 0 Å². The monoisotopic (exact) mass is 290 g/mol.